The Morgan fingerprint density at radius 3 is 2.09 bits per heavy atom. The molecule has 0 amide bonds. The average Bonchev–Trinajstić information content (AvgIpc) is 3.19. The highest BCUT2D eigenvalue weighted by Crippen LogP contribution is 2.41. The van der Waals surface area contributed by atoms with Crippen LogP contribution >= 0.6 is 0 Å². The third-order valence-electron chi connectivity index (χ3n) is 7.24. The lowest BCUT2D eigenvalue weighted by atomic mass is 9.94. The zero-order valence-corrected chi connectivity index (χ0v) is 21.6. The van der Waals surface area contributed by atoms with E-state index >= 15 is 0 Å². The summed E-state index contributed by atoms with van der Waals surface area (Å²) in [4.78, 5) is 0. The second kappa shape index (κ2) is 10.3. The number of rotatable bonds is 8. The van der Waals surface area contributed by atoms with Crippen LogP contribution in [0.3, 0.4) is 0 Å². The van der Waals surface area contributed by atoms with Crippen molar-refractivity contribution in [3.63, 3.8) is 0 Å². The number of hydrogen-bond donors (Lipinski definition) is 0. The maximum absolute atomic E-state index is 7.38. The smallest absolute Gasteiger partial charge is 0.261 e. The van der Waals surface area contributed by atoms with Crippen LogP contribution in [0.5, 0.6) is 0 Å². The van der Waals surface area contributed by atoms with E-state index in [1.807, 2.05) is 6.08 Å². The molecule has 0 aromatic heterocycles. The van der Waals surface area contributed by atoms with Gasteiger partial charge in [-0.1, -0.05) is 93.9 Å². The molecule has 0 unspecified atom stereocenters. The first-order chi connectivity index (χ1) is 15.9. The van der Waals surface area contributed by atoms with Crippen molar-refractivity contribution in [1.82, 2.24) is 0 Å². The minimum absolute atomic E-state index is 0.0288. The molecule has 178 valence electrons. The summed E-state index contributed by atoms with van der Waals surface area (Å²) in [6, 6.07) is 21.7. The van der Waals surface area contributed by atoms with E-state index in [9.17, 15) is 0 Å². The van der Waals surface area contributed by atoms with Gasteiger partial charge in [0.15, 0.2) is 5.79 Å². The molecule has 1 aliphatic carbocycles. The standard InChI is InChI=1S/C29H40O3Si/c1-5-15-24(22-25-23-30-29(31-25)20-13-8-14-21-29)32-33(28(2,3)4,26-16-9-6-10-17-26)27-18-11-7-12-19-27/h5-7,9-12,16-19,24-25H,1,8,13-15,20-23H2,2-4H3/t24-,25-/m0/s1. The van der Waals surface area contributed by atoms with Gasteiger partial charge >= 0.3 is 0 Å². The summed E-state index contributed by atoms with van der Waals surface area (Å²) >= 11 is 0. The summed E-state index contributed by atoms with van der Waals surface area (Å²) in [6.07, 6.45) is 9.45. The number of ether oxygens (including phenoxy) is 2. The van der Waals surface area contributed by atoms with Crippen LogP contribution in [-0.2, 0) is 13.9 Å². The van der Waals surface area contributed by atoms with Crippen molar-refractivity contribution in [3.05, 3.63) is 73.3 Å². The van der Waals surface area contributed by atoms with Crippen molar-refractivity contribution < 1.29 is 13.9 Å². The molecule has 1 spiro atoms. The zero-order chi connectivity index (χ0) is 23.4. The lowest BCUT2D eigenvalue weighted by Gasteiger charge is -2.45. The van der Waals surface area contributed by atoms with Gasteiger partial charge in [-0.05, 0) is 34.7 Å². The van der Waals surface area contributed by atoms with Crippen LogP contribution in [0.4, 0.5) is 0 Å². The maximum atomic E-state index is 7.38. The molecule has 4 heteroatoms. The first-order valence-electron chi connectivity index (χ1n) is 12.6. The van der Waals surface area contributed by atoms with E-state index in [1.165, 1.54) is 29.6 Å². The fourth-order valence-corrected chi connectivity index (χ4v) is 10.4. The van der Waals surface area contributed by atoms with Crippen LogP contribution in [0.1, 0.15) is 65.7 Å². The molecule has 2 aromatic carbocycles. The van der Waals surface area contributed by atoms with Crippen molar-refractivity contribution >= 4 is 18.7 Å². The topological polar surface area (TPSA) is 27.7 Å². The fourth-order valence-electron chi connectivity index (χ4n) is 5.70. The molecule has 1 aliphatic heterocycles. The zero-order valence-electron chi connectivity index (χ0n) is 20.6. The van der Waals surface area contributed by atoms with Gasteiger partial charge in [-0.3, -0.25) is 0 Å². The molecule has 4 rings (SSSR count). The van der Waals surface area contributed by atoms with Crippen LogP contribution in [0.2, 0.25) is 5.04 Å². The van der Waals surface area contributed by atoms with E-state index < -0.39 is 8.32 Å². The molecule has 2 aromatic rings. The van der Waals surface area contributed by atoms with Crippen LogP contribution in [0.15, 0.2) is 73.3 Å². The third-order valence-corrected chi connectivity index (χ3v) is 12.3. The lowest BCUT2D eigenvalue weighted by Crippen LogP contribution is -2.67. The van der Waals surface area contributed by atoms with Gasteiger partial charge in [0.05, 0.1) is 18.8 Å². The van der Waals surface area contributed by atoms with E-state index in [2.05, 4.69) is 88.0 Å². The quantitative estimate of drug-likeness (QED) is 0.356. The predicted octanol–water partition coefficient (Wildman–Crippen LogP) is 5.97. The van der Waals surface area contributed by atoms with Gasteiger partial charge < -0.3 is 13.9 Å². The molecule has 2 aliphatic rings. The third kappa shape index (κ3) is 5.19. The van der Waals surface area contributed by atoms with Gasteiger partial charge in [-0.2, -0.15) is 0 Å². The Bertz CT molecular complexity index is 845. The van der Waals surface area contributed by atoms with Gasteiger partial charge in [-0.15, -0.1) is 6.58 Å². The fraction of sp³-hybridized carbons (Fsp3) is 0.517. The van der Waals surface area contributed by atoms with E-state index in [1.54, 1.807) is 0 Å². The molecule has 1 saturated carbocycles. The molecular weight excluding hydrogens is 424 g/mol. The number of hydrogen-bond acceptors (Lipinski definition) is 3. The normalized spacial score (nSPS) is 21.7. The van der Waals surface area contributed by atoms with E-state index in [4.69, 9.17) is 13.9 Å². The molecular formula is C29H40O3Si. The summed E-state index contributed by atoms with van der Waals surface area (Å²) in [5.74, 6) is -0.348. The lowest BCUT2D eigenvalue weighted by molar-refractivity contribution is -0.188. The minimum atomic E-state index is -2.61. The van der Waals surface area contributed by atoms with Crippen LogP contribution in [-0.4, -0.2) is 32.9 Å². The van der Waals surface area contributed by atoms with Crippen molar-refractivity contribution in [2.45, 2.75) is 88.8 Å². The molecule has 33 heavy (non-hydrogen) atoms. The molecule has 1 saturated heterocycles. The summed E-state index contributed by atoms with van der Waals surface area (Å²) < 4.78 is 20.2. The minimum Gasteiger partial charge on any atom is -0.404 e. The SMILES string of the molecule is C=CC[C@@H](C[C@H]1COC2(CCCCC2)O1)O[Si](c1ccccc1)(c1ccccc1)C(C)(C)C. The van der Waals surface area contributed by atoms with Gasteiger partial charge in [0, 0.05) is 19.3 Å². The van der Waals surface area contributed by atoms with Crippen LogP contribution < -0.4 is 10.4 Å². The highest BCUT2D eigenvalue weighted by Gasteiger charge is 2.52. The Morgan fingerprint density at radius 1 is 1.00 bits per heavy atom. The molecule has 3 nitrogen and oxygen atoms in total. The molecule has 1 heterocycles. The molecule has 0 N–H and O–H groups in total. The van der Waals surface area contributed by atoms with Crippen LogP contribution in [0.25, 0.3) is 0 Å². The Labute approximate surface area is 201 Å². The average molecular weight is 465 g/mol. The highest BCUT2D eigenvalue weighted by atomic mass is 28.4. The van der Waals surface area contributed by atoms with Crippen molar-refractivity contribution in [2.75, 3.05) is 6.61 Å². The van der Waals surface area contributed by atoms with E-state index in [-0.39, 0.29) is 23.0 Å². The first-order valence-corrected chi connectivity index (χ1v) is 14.5. The Kier molecular flexibility index (Phi) is 7.59. The largest absolute Gasteiger partial charge is 0.404 e. The van der Waals surface area contributed by atoms with Crippen molar-refractivity contribution in [2.24, 2.45) is 0 Å². The van der Waals surface area contributed by atoms with E-state index in [0.717, 1.165) is 25.7 Å². The second-order valence-electron chi connectivity index (χ2n) is 10.7. The van der Waals surface area contributed by atoms with Gasteiger partial charge in [-0.25, -0.2) is 0 Å². The molecule has 2 fully saturated rings. The van der Waals surface area contributed by atoms with Crippen molar-refractivity contribution in [1.29, 1.82) is 0 Å². The molecule has 0 radical (unpaired) electrons. The first kappa shape index (κ1) is 24.4. The summed E-state index contributed by atoms with van der Waals surface area (Å²) in [5, 5.41) is 2.57. The summed E-state index contributed by atoms with van der Waals surface area (Å²) in [7, 11) is -2.61. The Hall–Kier alpha value is -1.72. The van der Waals surface area contributed by atoms with Crippen molar-refractivity contribution in [3.8, 4) is 0 Å². The van der Waals surface area contributed by atoms with Gasteiger partial charge in [0.1, 0.15) is 0 Å². The monoisotopic (exact) mass is 464 g/mol. The second-order valence-corrected chi connectivity index (χ2v) is 14.9. The predicted molar refractivity (Wildman–Crippen MR) is 139 cm³/mol. The molecule has 2 atom stereocenters. The Balaban J connectivity index is 1.65. The summed E-state index contributed by atoms with van der Waals surface area (Å²) in [6.45, 7) is 11.7. The van der Waals surface area contributed by atoms with E-state index in [0.29, 0.717) is 6.61 Å². The van der Waals surface area contributed by atoms with Gasteiger partial charge in [0.25, 0.3) is 8.32 Å². The Morgan fingerprint density at radius 2 is 1.58 bits per heavy atom. The highest BCUT2D eigenvalue weighted by molar-refractivity contribution is 6.99. The van der Waals surface area contributed by atoms with Gasteiger partial charge in [0.2, 0.25) is 0 Å². The molecule has 0 bridgehead atoms. The maximum Gasteiger partial charge on any atom is 0.261 e. The number of benzene rings is 2. The van der Waals surface area contributed by atoms with Crippen LogP contribution in [0, 0.1) is 0 Å². The summed E-state index contributed by atoms with van der Waals surface area (Å²) in [5.41, 5.74) is 0.